The molecular weight excluding hydrogens is 428 g/mol. The Balaban J connectivity index is 1.65. The molecule has 0 saturated heterocycles. The minimum Gasteiger partial charge on any atom is -0.490 e. The van der Waals surface area contributed by atoms with Gasteiger partial charge in [-0.3, -0.25) is 0 Å². The summed E-state index contributed by atoms with van der Waals surface area (Å²) in [5.74, 6) is 1.49. The van der Waals surface area contributed by atoms with E-state index in [1.807, 2.05) is 80.7 Å². The van der Waals surface area contributed by atoms with E-state index in [-0.39, 0.29) is 17.5 Å². The molecule has 34 heavy (non-hydrogen) atoms. The molecule has 2 heterocycles. The predicted molar refractivity (Wildman–Crippen MR) is 131 cm³/mol. The summed E-state index contributed by atoms with van der Waals surface area (Å²) in [6, 6.07) is 19.5. The molecule has 170 valence electrons. The third-order valence-electron chi connectivity index (χ3n) is 4.87. The van der Waals surface area contributed by atoms with Gasteiger partial charge in [0.05, 0.1) is 11.9 Å². The van der Waals surface area contributed by atoms with Crippen LogP contribution in [0.3, 0.4) is 0 Å². The molecule has 0 unspecified atom stereocenters. The van der Waals surface area contributed by atoms with E-state index in [1.165, 1.54) is 0 Å². The van der Waals surface area contributed by atoms with Gasteiger partial charge in [-0.25, -0.2) is 15.1 Å². The number of nitrogens with one attached hydrogen (secondary N) is 1. The fraction of sp³-hybridized carbons (Fsp3) is 0.154. The Kier molecular flexibility index (Phi) is 6.84. The van der Waals surface area contributed by atoms with Crippen LogP contribution in [0.5, 0.6) is 5.75 Å². The second-order valence-electron chi connectivity index (χ2n) is 7.70. The molecule has 0 aliphatic carbocycles. The fourth-order valence-corrected chi connectivity index (χ4v) is 3.18. The van der Waals surface area contributed by atoms with Crippen LogP contribution in [0.1, 0.15) is 36.9 Å². The molecule has 1 N–H and O–H groups in total. The number of rotatable bonds is 9. The first-order chi connectivity index (χ1) is 16.6. The zero-order valence-corrected chi connectivity index (χ0v) is 19.0. The third kappa shape index (κ3) is 5.05. The highest BCUT2D eigenvalue weighted by molar-refractivity contribution is 5.89. The third-order valence-corrected chi connectivity index (χ3v) is 4.87. The van der Waals surface area contributed by atoms with Crippen LogP contribution in [0.25, 0.3) is 16.9 Å². The number of hydrazone groups is 1. The maximum Gasteiger partial charge on any atom is 0.252 e. The summed E-state index contributed by atoms with van der Waals surface area (Å²) in [7, 11) is 0. The average molecular weight is 453 g/mol. The summed E-state index contributed by atoms with van der Waals surface area (Å²) in [5, 5.41) is 18.4. The Hall–Kier alpha value is -4.64. The molecule has 4 rings (SSSR count). The zero-order chi connectivity index (χ0) is 23.9. The van der Waals surface area contributed by atoms with Crippen molar-refractivity contribution in [1.29, 1.82) is 5.26 Å². The van der Waals surface area contributed by atoms with Crippen molar-refractivity contribution in [1.82, 2.24) is 14.8 Å². The summed E-state index contributed by atoms with van der Waals surface area (Å²) in [5.41, 5.74) is 6.31. The van der Waals surface area contributed by atoms with Gasteiger partial charge in [-0.15, -0.1) is 0 Å². The summed E-state index contributed by atoms with van der Waals surface area (Å²) >= 11 is 0. The Morgan fingerprint density at radius 1 is 1.21 bits per heavy atom. The highest BCUT2D eigenvalue weighted by Crippen LogP contribution is 2.26. The molecule has 0 spiro atoms. The van der Waals surface area contributed by atoms with Crippen molar-refractivity contribution in [2.45, 2.75) is 19.8 Å². The van der Waals surface area contributed by atoms with Gasteiger partial charge in [-0.2, -0.15) is 15.5 Å². The number of ether oxygens (including phenoxy) is 1. The van der Waals surface area contributed by atoms with Gasteiger partial charge in [0, 0.05) is 23.2 Å². The van der Waals surface area contributed by atoms with Crippen molar-refractivity contribution >= 4 is 12.1 Å². The van der Waals surface area contributed by atoms with Gasteiger partial charge in [0.2, 0.25) is 11.6 Å². The minimum atomic E-state index is 0.0563. The molecule has 8 heteroatoms. The molecule has 0 amide bonds. The van der Waals surface area contributed by atoms with Crippen LogP contribution < -0.4 is 10.2 Å². The Morgan fingerprint density at radius 3 is 2.65 bits per heavy atom. The van der Waals surface area contributed by atoms with Gasteiger partial charge < -0.3 is 9.15 Å². The molecule has 0 aliphatic heterocycles. The van der Waals surface area contributed by atoms with Crippen molar-refractivity contribution in [3.8, 4) is 28.8 Å². The summed E-state index contributed by atoms with van der Waals surface area (Å²) in [4.78, 5) is 4.19. The first-order valence-corrected chi connectivity index (χ1v) is 10.8. The van der Waals surface area contributed by atoms with Gasteiger partial charge in [0.25, 0.3) is 5.88 Å². The number of nitriles is 1. The molecule has 2 aromatic carbocycles. The topological polar surface area (TPSA) is 101 Å². The van der Waals surface area contributed by atoms with Crippen LogP contribution in [0.15, 0.2) is 83.0 Å². The Labute approximate surface area is 197 Å². The van der Waals surface area contributed by atoms with E-state index in [9.17, 15) is 5.26 Å². The number of hydrogen-bond donors (Lipinski definition) is 1. The number of anilines is 1. The van der Waals surface area contributed by atoms with Crippen molar-refractivity contribution < 1.29 is 9.15 Å². The normalized spacial score (nSPS) is 11.0. The first-order valence-electron chi connectivity index (χ1n) is 10.8. The molecule has 0 radical (unpaired) electrons. The lowest BCUT2D eigenvalue weighted by Crippen LogP contribution is -1.94. The SMILES string of the molecule is C=CCOc1ccc(-c2nn(-c3ccccc3)cc2/C=N/Nc2oc(C(C)C)nc2C#N)cc1. The van der Waals surface area contributed by atoms with E-state index in [4.69, 9.17) is 14.3 Å². The molecule has 8 nitrogen and oxygen atoms in total. The Morgan fingerprint density at radius 2 is 1.97 bits per heavy atom. The lowest BCUT2D eigenvalue weighted by molar-refractivity contribution is 0.363. The molecule has 0 fully saturated rings. The molecule has 0 aliphatic rings. The quantitative estimate of drug-likeness (QED) is 0.203. The largest absolute Gasteiger partial charge is 0.490 e. The van der Waals surface area contributed by atoms with E-state index in [1.54, 1.807) is 17.0 Å². The van der Waals surface area contributed by atoms with E-state index >= 15 is 0 Å². The van der Waals surface area contributed by atoms with Gasteiger partial charge in [-0.1, -0.05) is 44.7 Å². The smallest absolute Gasteiger partial charge is 0.252 e. The standard InChI is InChI=1S/C26H24N6O2/c1-4-14-33-22-12-10-19(11-13-22)24-20(17-32(31-24)21-8-6-5-7-9-21)16-28-30-26-23(15-27)29-25(34-26)18(2)3/h4-13,16-18,30H,1,14H2,2-3H3/b28-16+. The highest BCUT2D eigenvalue weighted by Gasteiger charge is 2.15. The molecule has 2 aromatic heterocycles. The van der Waals surface area contributed by atoms with E-state index in [0.29, 0.717) is 12.5 Å². The van der Waals surface area contributed by atoms with Gasteiger partial charge in [0.15, 0.2) is 0 Å². The number of aromatic nitrogens is 3. The van der Waals surface area contributed by atoms with E-state index in [0.717, 1.165) is 28.3 Å². The first kappa shape index (κ1) is 22.6. The van der Waals surface area contributed by atoms with Crippen molar-refractivity contribution in [2.24, 2.45) is 5.10 Å². The zero-order valence-electron chi connectivity index (χ0n) is 19.0. The molecule has 0 saturated carbocycles. The lowest BCUT2D eigenvalue weighted by Gasteiger charge is -2.04. The monoisotopic (exact) mass is 452 g/mol. The van der Waals surface area contributed by atoms with Crippen LogP contribution in [0, 0.1) is 11.3 Å². The molecular formula is C26H24N6O2. The van der Waals surface area contributed by atoms with Crippen molar-refractivity contribution in [3.05, 3.63) is 90.6 Å². The second kappa shape index (κ2) is 10.3. The van der Waals surface area contributed by atoms with Gasteiger partial charge >= 0.3 is 0 Å². The second-order valence-corrected chi connectivity index (χ2v) is 7.70. The van der Waals surface area contributed by atoms with Gasteiger partial charge in [-0.05, 0) is 36.4 Å². The predicted octanol–water partition coefficient (Wildman–Crippen LogP) is 5.53. The summed E-state index contributed by atoms with van der Waals surface area (Å²) in [6.07, 6.45) is 5.24. The average Bonchev–Trinajstić information content (AvgIpc) is 3.48. The fourth-order valence-electron chi connectivity index (χ4n) is 3.18. The lowest BCUT2D eigenvalue weighted by atomic mass is 10.1. The maximum absolute atomic E-state index is 9.34. The van der Waals surface area contributed by atoms with Crippen LogP contribution in [-0.4, -0.2) is 27.6 Å². The number of oxazole rings is 1. The minimum absolute atomic E-state index is 0.0563. The van der Waals surface area contributed by atoms with Crippen molar-refractivity contribution in [3.63, 3.8) is 0 Å². The number of para-hydroxylation sites is 1. The van der Waals surface area contributed by atoms with Crippen LogP contribution in [-0.2, 0) is 0 Å². The van der Waals surface area contributed by atoms with Crippen molar-refractivity contribution in [2.75, 3.05) is 12.0 Å². The number of benzene rings is 2. The summed E-state index contributed by atoms with van der Waals surface area (Å²) in [6.45, 7) is 7.99. The maximum atomic E-state index is 9.34. The number of nitrogens with zero attached hydrogens (tertiary/aromatic N) is 5. The Bertz CT molecular complexity index is 1330. The van der Waals surface area contributed by atoms with E-state index < -0.39 is 0 Å². The molecule has 0 atom stereocenters. The van der Waals surface area contributed by atoms with Crippen LogP contribution in [0.4, 0.5) is 5.88 Å². The summed E-state index contributed by atoms with van der Waals surface area (Å²) < 4.78 is 13.0. The number of hydrogen-bond acceptors (Lipinski definition) is 7. The van der Waals surface area contributed by atoms with E-state index in [2.05, 4.69) is 22.1 Å². The van der Waals surface area contributed by atoms with Gasteiger partial charge in [0.1, 0.15) is 24.1 Å². The van der Waals surface area contributed by atoms with Crippen LogP contribution >= 0.6 is 0 Å². The van der Waals surface area contributed by atoms with Crippen LogP contribution in [0.2, 0.25) is 0 Å². The molecule has 0 bridgehead atoms. The molecule has 4 aromatic rings. The highest BCUT2D eigenvalue weighted by atomic mass is 16.5.